The Morgan fingerprint density at radius 2 is 2.00 bits per heavy atom. The summed E-state index contributed by atoms with van der Waals surface area (Å²) in [6.45, 7) is 6.49. The molecule has 3 heteroatoms. The summed E-state index contributed by atoms with van der Waals surface area (Å²) in [7, 11) is 0. The Hall–Kier alpha value is -0.730. The predicted molar refractivity (Wildman–Crippen MR) is 37.8 cm³/mol. The van der Waals surface area contributed by atoms with Crippen molar-refractivity contribution in [2.24, 2.45) is 5.92 Å². The number of carbonyl (C=O) groups excluding carboxylic acids is 1. The molecule has 3 nitrogen and oxygen atoms in total. The van der Waals surface area contributed by atoms with E-state index < -0.39 is 6.16 Å². The zero-order valence-corrected chi connectivity index (χ0v) is 6.72. The Balaban J connectivity index is 3.22. The van der Waals surface area contributed by atoms with Crippen LogP contribution in [0.3, 0.4) is 0 Å². The zero-order valence-electron chi connectivity index (χ0n) is 6.72. The van der Waals surface area contributed by atoms with Crippen LogP contribution in [0, 0.1) is 5.92 Å². The molecule has 0 atom stereocenters. The van der Waals surface area contributed by atoms with Crippen molar-refractivity contribution < 1.29 is 14.3 Å². The van der Waals surface area contributed by atoms with E-state index in [9.17, 15) is 4.79 Å². The minimum Gasteiger partial charge on any atom is -0.435 e. The summed E-state index contributed by atoms with van der Waals surface area (Å²) in [6.07, 6.45) is -0.573. The molecule has 0 N–H and O–H groups in total. The lowest BCUT2D eigenvalue weighted by atomic mass is 10.2. The second kappa shape index (κ2) is 5.09. The highest BCUT2D eigenvalue weighted by molar-refractivity contribution is 5.59. The van der Waals surface area contributed by atoms with E-state index in [1.165, 1.54) is 0 Å². The minimum atomic E-state index is -0.573. The van der Waals surface area contributed by atoms with Gasteiger partial charge in [0.2, 0.25) is 0 Å². The predicted octanol–water partition coefficient (Wildman–Crippen LogP) is 1.82. The van der Waals surface area contributed by atoms with Gasteiger partial charge in [0.25, 0.3) is 0 Å². The molecule has 0 aliphatic rings. The fourth-order valence-corrected chi connectivity index (χ4v) is 0.394. The summed E-state index contributed by atoms with van der Waals surface area (Å²) in [5.41, 5.74) is 0. The third-order valence-electron chi connectivity index (χ3n) is 0.797. The largest absolute Gasteiger partial charge is 0.508 e. The summed E-state index contributed by atoms with van der Waals surface area (Å²) >= 11 is 0. The van der Waals surface area contributed by atoms with Crippen molar-refractivity contribution in [3.05, 3.63) is 0 Å². The van der Waals surface area contributed by atoms with Crippen molar-refractivity contribution in [3.8, 4) is 0 Å². The van der Waals surface area contributed by atoms with Crippen LogP contribution in [0.15, 0.2) is 0 Å². The van der Waals surface area contributed by atoms with Gasteiger partial charge in [0.1, 0.15) is 0 Å². The molecule has 0 saturated heterocycles. The summed E-state index contributed by atoms with van der Waals surface area (Å²) in [6, 6.07) is 0. The van der Waals surface area contributed by atoms with Crippen molar-refractivity contribution in [2.45, 2.75) is 20.8 Å². The lowest BCUT2D eigenvalue weighted by Crippen LogP contribution is -2.11. The van der Waals surface area contributed by atoms with Crippen LogP contribution < -0.4 is 0 Å². The van der Waals surface area contributed by atoms with E-state index in [1.807, 2.05) is 13.8 Å². The van der Waals surface area contributed by atoms with Gasteiger partial charge in [0.15, 0.2) is 0 Å². The quantitative estimate of drug-likeness (QED) is 0.569. The molecule has 0 heterocycles. The molecule has 0 aromatic heterocycles. The van der Waals surface area contributed by atoms with Gasteiger partial charge in [-0.3, -0.25) is 0 Å². The molecule has 0 saturated carbocycles. The maximum Gasteiger partial charge on any atom is 0.508 e. The topological polar surface area (TPSA) is 35.5 Å². The Bertz CT molecular complexity index is 99.0. The van der Waals surface area contributed by atoms with Crippen molar-refractivity contribution >= 4 is 6.16 Å². The van der Waals surface area contributed by atoms with E-state index in [0.717, 1.165) is 0 Å². The second-order valence-electron chi connectivity index (χ2n) is 2.39. The van der Waals surface area contributed by atoms with Gasteiger partial charge >= 0.3 is 6.16 Å². The maximum absolute atomic E-state index is 10.5. The van der Waals surface area contributed by atoms with Crippen LogP contribution in [0.5, 0.6) is 0 Å². The van der Waals surface area contributed by atoms with Crippen molar-refractivity contribution in [2.75, 3.05) is 13.2 Å². The van der Waals surface area contributed by atoms with E-state index in [0.29, 0.717) is 19.1 Å². The van der Waals surface area contributed by atoms with E-state index in [1.54, 1.807) is 6.92 Å². The summed E-state index contributed by atoms with van der Waals surface area (Å²) in [5, 5.41) is 0. The molecule has 0 aromatic carbocycles. The van der Waals surface area contributed by atoms with Gasteiger partial charge in [-0.1, -0.05) is 13.8 Å². The van der Waals surface area contributed by atoms with Gasteiger partial charge in [-0.2, -0.15) is 0 Å². The van der Waals surface area contributed by atoms with Gasteiger partial charge in [-0.15, -0.1) is 0 Å². The minimum absolute atomic E-state index is 0.365. The number of ether oxygens (including phenoxy) is 2. The number of hydrogen-bond donors (Lipinski definition) is 0. The third-order valence-corrected chi connectivity index (χ3v) is 0.797. The van der Waals surface area contributed by atoms with Crippen molar-refractivity contribution in [1.29, 1.82) is 0 Å². The molecule has 0 bridgehead atoms. The lowest BCUT2D eigenvalue weighted by Gasteiger charge is -2.05. The third kappa shape index (κ3) is 5.41. The average molecular weight is 146 g/mol. The Labute approximate surface area is 61.3 Å². The standard InChI is InChI=1S/C7H14O3/c1-4-9-7(8)10-5-6(2)3/h6H,4-5H2,1-3H3. The van der Waals surface area contributed by atoms with Crippen LogP contribution in [0.2, 0.25) is 0 Å². The molecule has 0 spiro atoms. The van der Waals surface area contributed by atoms with E-state index >= 15 is 0 Å². The molecule has 0 aromatic rings. The zero-order chi connectivity index (χ0) is 7.98. The average Bonchev–Trinajstić information content (AvgIpc) is 1.85. The van der Waals surface area contributed by atoms with Gasteiger partial charge in [0, 0.05) is 0 Å². The highest BCUT2D eigenvalue weighted by Crippen LogP contribution is 1.94. The Morgan fingerprint density at radius 3 is 2.40 bits per heavy atom. The monoisotopic (exact) mass is 146 g/mol. The summed E-state index contributed by atoms with van der Waals surface area (Å²) in [4.78, 5) is 10.5. The number of carbonyl (C=O) groups is 1. The highest BCUT2D eigenvalue weighted by atomic mass is 16.7. The molecule has 0 aliphatic carbocycles. The fourth-order valence-electron chi connectivity index (χ4n) is 0.394. The first-order chi connectivity index (χ1) is 4.66. The van der Waals surface area contributed by atoms with Crippen LogP contribution in [-0.2, 0) is 9.47 Å². The maximum atomic E-state index is 10.5. The van der Waals surface area contributed by atoms with Crippen LogP contribution in [0.1, 0.15) is 20.8 Å². The lowest BCUT2D eigenvalue weighted by molar-refractivity contribution is 0.0511. The van der Waals surface area contributed by atoms with Crippen LogP contribution in [0.4, 0.5) is 4.79 Å². The highest BCUT2D eigenvalue weighted by Gasteiger charge is 2.02. The Morgan fingerprint density at radius 1 is 1.40 bits per heavy atom. The molecule has 0 fully saturated rings. The molecule has 60 valence electrons. The molecule has 0 radical (unpaired) electrons. The first-order valence-electron chi connectivity index (χ1n) is 3.46. The number of hydrogen-bond acceptors (Lipinski definition) is 3. The van der Waals surface area contributed by atoms with Crippen molar-refractivity contribution in [3.63, 3.8) is 0 Å². The first-order valence-corrected chi connectivity index (χ1v) is 3.46. The van der Waals surface area contributed by atoms with Crippen LogP contribution in [-0.4, -0.2) is 19.4 Å². The van der Waals surface area contributed by atoms with E-state index in [4.69, 9.17) is 0 Å². The van der Waals surface area contributed by atoms with Crippen molar-refractivity contribution in [1.82, 2.24) is 0 Å². The molecule has 0 rings (SSSR count). The molecule has 0 amide bonds. The fraction of sp³-hybridized carbons (Fsp3) is 0.857. The van der Waals surface area contributed by atoms with Gasteiger partial charge in [-0.25, -0.2) is 4.79 Å². The summed E-state index contributed by atoms with van der Waals surface area (Å²) < 4.78 is 9.21. The molecule has 10 heavy (non-hydrogen) atoms. The summed E-state index contributed by atoms with van der Waals surface area (Å²) in [5.74, 6) is 0.365. The van der Waals surface area contributed by atoms with E-state index in [2.05, 4.69) is 9.47 Å². The van der Waals surface area contributed by atoms with Crippen LogP contribution >= 0.6 is 0 Å². The normalized spacial score (nSPS) is 9.60. The molecular weight excluding hydrogens is 132 g/mol. The van der Waals surface area contributed by atoms with Gasteiger partial charge < -0.3 is 9.47 Å². The van der Waals surface area contributed by atoms with E-state index in [-0.39, 0.29) is 0 Å². The SMILES string of the molecule is CCOC(=O)OCC(C)C. The number of rotatable bonds is 3. The molecule has 0 unspecified atom stereocenters. The molecular formula is C7H14O3. The van der Waals surface area contributed by atoms with Gasteiger partial charge in [0.05, 0.1) is 13.2 Å². The Kier molecular flexibility index (Phi) is 4.72. The smallest absolute Gasteiger partial charge is 0.435 e. The van der Waals surface area contributed by atoms with Gasteiger partial charge in [-0.05, 0) is 12.8 Å². The van der Waals surface area contributed by atoms with Crippen LogP contribution in [0.25, 0.3) is 0 Å². The second-order valence-corrected chi connectivity index (χ2v) is 2.39. The first kappa shape index (κ1) is 9.27. The molecule has 0 aliphatic heterocycles.